The summed E-state index contributed by atoms with van der Waals surface area (Å²) < 4.78 is 0. The van der Waals surface area contributed by atoms with Gasteiger partial charge in [0.2, 0.25) is 0 Å². The quantitative estimate of drug-likeness (QED) is 0.238. The van der Waals surface area contributed by atoms with Gasteiger partial charge in [-0.2, -0.15) is 5.26 Å². The van der Waals surface area contributed by atoms with Crippen molar-refractivity contribution in [2.45, 2.75) is 0 Å². The summed E-state index contributed by atoms with van der Waals surface area (Å²) in [5, 5.41) is 17.9. The minimum atomic E-state index is -0.446. The third kappa shape index (κ3) is 7.69. The molecule has 0 aliphatic rings. The second-order valence-electron chi connectivity index (χ2n) is 4.44. The van der Waals surface area contributed by atoms with Gasteiger partial charge in [-0.25, -0.2) is 0 Å². The van der Waals surface area contributed by atoms with Crippen molar-refractivity contribution in [3.63, 3.8) is 0 Å². The molecule has 3 rings (SSSR count). The van der Waals surface area contributed by atoms with Crippen molar-refractivity contribution in [2.75, 3.05) is 0 Å². The largest absolute Gasteiger partial charge is 0.443 e. The molecular formula is C21H22AuNOP-2. The van der Waals surface area contributed by atoms with E-state index >= 15 is 0 Å². The van der Waals surface area contributed by atoms with Crippen LogP contribution in [0, 0.1) is 26.4 Å². The Kier molecular flexibility index (Phi) is 14.7. The van der Waals surface area contributed by atoms with Crippen LogP contribution in [-0.4, -0.2) is 5.11 Å². The Labute approximate surface area is 168 Å². The first-order valence-electron chi connectivity index (χ1n) is 6.85. The Balaban J connectivity index is 0. The zero-order valence-electron chi connectivity index (χ0n) is 14.3. The Hall–Kier alpha value is -1.88. The number of aliphatic hydroxyl groups is 1. The molecule has 0 aromatic heterocycles. The molecule has 0 fully saturated rings. The molecule has 135 valence electrons. The van der Waals surface area contributed by atoms with Gasteiger partial charge in [0, 0.05) is 22.4 Å². The molecule has 0 unspecified atom stereocenters. The van der Waals surface area contributed by atoms with Gasteiger partial charge in [-0.05, 0) is 23.8 Å². The third-order valence-electron chi connectivity index (χ3n) is 3.04. The molecule has 0 aliphatic heterocycles. The van der Waals surface area contributed by atoms with Gasteiger partial charge in [-0.1, -0.05) is 91.0 Å². The topological polar surface area (TPSA) is 44.0 Å². The van der Waals surface area contributed by atoms with Crippen molar-refractivity contribution in [3.05, 3.63) is 106 Å². The van der Waals surface area contributed by atoms with Crippen molar-refractivity contribution >= 4 is 23.8 Å². The zero-order chi connectivity index (χ0) is 15.6. The van der Waals surface area contributed by atoms with Crippen molar-refractivity contribution in [2.24, 2.45) is 0 Å². The van der Waals surface area contributed by atoms with Crippen molar-refractivity contribution in [1.82, 2.24) is 0 Å². The van der Waals surface area contributed by atoms with Gasteiger partial charge in [-0.3, -0.25) is 0 Å². The van der Waals surface area contributed by atoms with E-state index in [4.69, 9.17) is 10.4 Å². The fourth-order valence-corrected chi connectivity index (χ4v) is 4.48. The molecule has 0 saturated heterocycles. The van der Waals surface area contributed by atoms with E-state index in [1.165, 1.54) is 15.9 Å². The maximum Gasteiger partial charge on any atom is 0.283 e. The summed E-state index contributed by atoms with van der Waals surface area (Å²) in [5.41, 5.74) is 0. The standard InChI is InChI=1S/C18H15P.CHNO.2CH3.Au/c1-4-10-16(11-5-1)19(17-12-6-2-7-13-17)18-14-8-3-9-15-18;2-1-3;;;/h1-15H;3H;2*1H3;/q;;2*-1;. The molecule has 0 atom stereocenters. The SMILES string of the molecule is N#CO.[Au].[CH3-].[CH3-].c1ccc(P(c2ccccc2)c2ccccc2)cc1. The van der Waals surface area contributed by atoms with E-state index in [0.717, 1.165) is 6.26 Å². The number of rotatable bonds is 3. The smallest absolute Gasteiger partial charge is 0.283 e. The van der Waals surface area contributed by atoms with E-state index in [-0.39, 0.29) is 37.2 Å². The Morgan fingerprint density at radius 3 is 1.00 bits per heavy atom. The number of nitriles is 1. The maximum absolute atomic E-state index is 6.88. The molecule has 2 nitrogen and oxygen atoms in total. The van der Waals surface area contributed by atoms with Gasteiger partial charge in [0.1, 0.15) is 0 Å². The van der Waals surface area contributed by atoms with Gasteiger partial charge in [0.05, 0.1) is 0 Å². The van der Waals surface area contributed by atoms with Gasteiger partial charge in [-0.15, -0.1) is 0 Å². The molecule has 0 spiro atoms. The van der Waals surface area contributed by atoms with Crippen LogP contribution in [0.15, 0.2) is 91.0 Å². The Morgan fingerprint density at radius 2 is 0.800 bits per heavy atom. The van der Waals surface area contributed by atoms with Crippen LogP contribution in [0.5, 0.6) is 0 Å². The van der Waals surface area contributed by atoms with Crippen molar-refractivity contribution < 1.29 is 27.5 Å². The number of nitrogens with zero attached hydrogens (tertiary/aromatic N) is 1. The van der Waals surface area contributed by atoms with Crippen molar-refractivity contribution in [3.8, 4) is 6.26 Å². The molecule has 0 heterocycles. The zero-order valence-corrected chi connectivity index (χ0v) is 17.4. The predicted octanol–water partition coefficient (Wildman–Crippen LogP) is 4.18. The van der Waals surface area contributed by atoms with Crippen LogP contribution in [0.2, 0.25) is 0 Å². The summed E-state index contributed by atoms with van der Waals surface area (Å²) in [6.07, 6.45) is 0.750. The summed E-state index contributed by atoms with van der Waals surface area (Å²) in [7, 11) is -0.446. The maximum atomic E-state index is 6.88. The molecule has 1 radical (unpaired) electrons. The van der Waals surface area contributed by atoms with Crippen LogP contribution < -0.4 is 15.9 Å². The van der Waals surface area contributed by atoms with E-state index in [1.807, 2.05) is 0 Å². The first-order chi connectivity index (χ1) is 10.9. The van der Waals surface area contributed by atoms with E-state index in [0.29, 0.717) is 0 Å². The molecule has 0 aliphatic carbocycles. The summed E-state index contributed by atoms with van der Waals surface area (Å²) in [4.78, 5) is 0. The predicted molar refractivity (Wildman–Crippen MR) is 106 cm³/mol. The number of aliphatic hydroxyl groups excluding tert-OH is 1. The average molecular weight is 532 g/mol. The molecule has 4 heteroatoms. The molecule has 1 N–H and O–H groups in total. The average Bonchev–Trinajstić information content (AvgIpc) is 2.59. The van der Waals surface area contributed by atoms with Crippen LogP contribution in [0.1, 0.15) is 0 Å². The van der Waals surface area contributed by atoms with Crippen molar-refractivity contribution in [1.29, 1.82) is 5.26 Å². The van der Waals surface area contributed by atoms with Crippen LogP contribution in [-0.2, 0) is 22.4 Å². The fourth-order valence-electron chi connectivity index (χ4n) is 2.18. The number of hydrogen-bond donors (Lipinski definition) is 1. The molecular weight excluding hydrogens is 510 g/mol. The van der Waals surface area contributed by atoms with Gasteiger partial charge < -0.3 is 20.0 Å². The second kappa shape index (κ2) is 14.5. The summed E-state index contributed by atoms with van der Waals surface area (Å²) in [6, 6.07) is 32.3. The van der Waals surface area contributed by atoms with Crippen LogP contribution in [0.4, 0.5) is 0 Å². The summed E-state index contributed by atoms with van der Waals surface area (Å²) in [6.45, 7) is 0. The van der Waals surface area contributed by atoms with Gasteiger partial charge in [0.25, 0.3) is 6.26 Å². The molecule has 0 saturated carbocycles. The second-order valence-corrected chi connectivity index (χ2v) is 6.66. The Bertz CT molecular complexity index is 621. The van der Waals surface area contributed by atoms with Crippen LogP contribution in [0.25, 0.3) is 0 Å². The normalized spacial score (nSPS) is 8.32. The molecule has 25 heavy (non-hydrogen) atoms. The first-order valence-corrected chi connectivity index (χ1v) is 8.19. The van der Waals surface area contributed by atoms with Crippen LogP contribution >= 0.6 is 7.92 Å². The first kappa shape index (κ1) is 25.4. The molecule has 3 aromatic carbocycles. The number of benzene rings is 3. The van der Waals surface area contributed by atoms with E-state index < -0.39 is 7.92 Å². The van der Waals surface area contributed by atoms with E-state index in [2.05, 4.69) is 91.0 Å². The minimum absolute atomic E-state index is 0. The molecule has 3 aromatic rings. The summed E-state index contributed by atoms with van der Waals surface area (Å²) >= 11 is 0. The third-order valence-corrected chi connectivity index (χ3v) is 5.49. The van der Waals surface area contributed by atoms with E-state index in [1.54, 1.807) is 0 Å². The van der Waals surface area contributed by atoms with Gasteiger partial charge in [0.15, 0.2) is 0 Å². The fraction of sp³-hybridized carbons (Fsp3) is 0. The Morgan fingerprint density at radius 1 is 0.600 bits per heavy atom. The number of hydrogen-bond acceptors (Lipinski definition) is 2. The van der Waals surface area contributed by atoms with E-state index in [9.17, 15) is 0 Å². The molecule has 0 bridgehead atoms. The van der Waals surface area contributed by atoms with Crippen LogP contribution in [0.3, 0.4) is 0 Å². The van der Waals surface area contributed by atoms with Gasteiger partial charge >= 0.3 is 0 Å². The molecule has 0 amide bonds. The summed E-state index contributed by atoms with van der Waals surface area (Å²) in [5.74, 6) is 0. The monoisotopic (exact) mass is 532 g/mol. The minimum Gasteiger partial charge on any atom is -0.443 e.